The zero-order valence-electron chi connectivity index (χ0n) is 16.1. The summed E-state index contributed by atoms with van der Waals surface area (Å²) in [4.78, 5) is 20.2. The monoisotopic (exact) mass is 465 g/mol. The molecule has 2 aromatic heterocycles. The van der Waals surface area contributed by atoms with Gasteiger partial charge in [-0.05, 0) is 24.3 Å². The first-order valence-electron chi connectivity index (χ1n) is 9.38. The third kappa shape index (κ3) is 3.17. The average Bonchev–Trinajstić information content (AvgIpc) is 3.16. The summed E-state index contributed by atoms with van der Waals surface area (Å²) in [5.41, 5.74) is 6.48. The normalized spacial score (nSPS) is 15.2. The fourth-order valence-corrected chi connectivity index (χ4v) is 4.88. The Morgan fingerprint density at radius 2 is 2.00 bits per heavy atom. The molecular weight excluding hydrogens is 453 g/mol. The highest BCUT2D eigenvalue weighted by atomic mass is 35.5. The first-order chi connectivity index (χ1) is 15.5. The number of hydrogen-bond donors (Lipinski definition) is 3. The maximum Gasteiger partial charge on any atom is 0.257 e. The number of nitrogens with two attached hydrogens (primary N) is 1. The highest BCUT2D eigenvalue weighted by Gasteiger charge is 2.38. The molecule has 4 N–H and O–H groups in total. The first kappa shape index (κ1) is 20.1. The molecule has 0 saturated heterocycles. The molecule has 7 nitrogen and oxygen atoms in total. The molecule has 5 rings (SSSR count). The molecule has 10 heteroatoms. The number of anilines is 2. The number of halogens is 2. The number of aromatic nitrogens is 2. The molecule has 1 aliphatic rings. The fraction of sp³-hybridized carbons (Fsp3) is 0.0455. The van der Waals surface area contributed by atoms with Crippen LogP contribution < -0.4 is 21.3 Å². The molecule has 0 aliphatic carbocycles. The Morgan fingerprint density at radius 3 is 2.72 bits per heavy atom. The van der Waals surface area contributed by atoms with Crippen LogP contribution in [0.5, 0.6) is 5.75 Å². The Bertz CT molecular complexity index is 1490. The lowest BCUT2D eigenvalue weighted by molar-refractivity contribution is 0.396. The molecule has 158 valence electrons. The van der Waals surface area contributed by atoms with Crippen molar-refractivity contribution in [1.82, 2.24) is 9.97 Å². The van der Waals surface area contributed by atoms with Crippen molar-refractivity contribution in [2.75, 3.05) is 5.32 Å². The quantitative estimate of drug-likeness (QED) is 0.402. The van der Waals surface area contributed by atoms with Crippen molar-refractivity contribution in [3.63, 3.8) is 0 Å². The molecule has 0 spiro atoms. The molecule has 4 aromatic rings. The van der Waals surface area contributed by atoms with Crippen LogP contribution in [0.4, 0.5) is 15.2 Å². The van der Waals surface area contributed by atoms with E-state index < -0.39 is 17.3 Å². The van der Waals surface area contributed by atoms with Gasteiger partial charge in [-0.1, -0.05) is 47.2 Å². The van der Waals surface area contributed by atoms with Crippen LogP contribution in [0.25, 0.3) is 10.3 Å². The zero-order chi connectivity index (χ0) is 22.4. The Labute approximate surface area is 189 Å². The summed E-state index contributed by atoms with van der Waals surface area (Å²) in [6.45, 7) is 0. The molecule has 1 atom stereocenters. The number of fused-ring (bicyclic) bond motifs is 3. The van der Waals surface area contributed by atoms with E-state index in [0.29, 0.717) is 9.83 Å². The number of nitrogens with zero attached hydrogens (tertiary/aromatic N) is 2. The van der Waals surface area contributed by atoms with E-state index in [1.54, 1.807) is 0 Å². The van der Waals surface area contributed by atoms with Crippen molar-refractivity contribution in [2.45, 2.75) is 5.92 Å². The number of H-pyrrole nitrogens is 1. The standard InChI is InChI=1S/C22H13ClFN5O2S/c23-12-7-4-8-13(24)15(12)14-11(9-25)19(26)31-17-16(14)21(30)28-20-18(17)32-22(29-20)27-10-5-2-1-3-6-10/h1-8,14H,26H2,(H2,27,28,29,30). The predicted molar refractivity (Wildman–Crippen MR) is 121 cm³/mol. The molecule has 0 fully saturated rings. The first-order valence-corrected chi connectivity index (χ1v) is 10.6. The SMILES string of the molecule is N#CC1=C(N)Oc2c(c(=O)[nH]c3nc(Nc4ccccc4)sc23)C1c1c(F)cccc1Cl. The van der Waals surface area contributed by atoms with Crippen LogP contribution in [0.3, 0.4) is 0 Å². The van der Waals surface area contributed by atoms with Crippen LogP contribution in [-0.2, 0) is 0 Å². The molecule has 3 heterocycles. The number of nitrogens with one attached hydrogen (secondary N) is 2. The molecule has 0 bridgehead atoms. The van der Waals surface area contributed by atoms with Gasteiger partial charge in [-0.15, -0.1) is 0 Å². The van der Waals surface area contributed by atoms with Gasteiger partial charge in [-0.2, -0.15) is 5.26 Å². The number of aromatic amines is 1. The van der Waals surface area contributed by atoms with Gasteiger partial charge < -0.3 is 20.8 Å². The minimum Gasteiger partial charge on any atom is -0.438 e. The number of rotatable bonds is 3. The van der Waals surface area contributed by atoms with E-state index in [1.807, 2.05) is 36.4 Å². The number of ether oxygens (including phenoxy) is 1. The summed E-state index contributed by atoms with van der Waals surface area (Å²) in [6.07, 6.45) is 0. The molecular formula is C22H13ClFN5O2S. The van der Waals surface area contributed by atoms with Gasteiger partial charge in [0.15, 0.2) is 16.5 Å². The highest BCUT2D eigenvalue weighted by Crippen LogP contribution is 2.47. The summed E-state index contributed by atoms with van der Waals surface area (Å²) in [7, 11) is 0. The van der Waals surface area contributed by atoms with Crippen molar-refractivity contribution in [3.05, 3.63) is 92.3 Å². The number of pyridine rings is 1. The van der Waals surface area contributed by atoms with E-state index >= 15 is 0 Å². The lowest BCUT2D eigenvalue weighted by Gasteiger charge is -2.26. The topological polar surface area (TPSA) is 117 Å². The Kier molecular flexibility index (Phi) is 4.81. The van der Waals surface area contributed by atoms with E-state index in [-0.39, 0.29) is 39.0 Å². The minimum absolute atomic E-state index is 0.0183. The van der Waals surface area contributed by atoms with Gasteiger partial charge in [-0.25, -0.2) is 9.37 Å². The lowest BCUT2D eigenvalue weighted by atomic mass is 9.84. The molecule has 0 radical (unpaired) electrons. The molecule has 1 unspecified atom stereocenters. The van der Waals surface area contributed by atoms with Crippen LogP contribution in [-0.4, -0.2) is 9.97 Å². The number of allylic oxidation sites excluding steroid dienone is 1. The molecule has 32 heavy (non-hydrogen) atoms. The second-order valence-electron chi connectivity index (χ2n) is 6.94. The minimum atomic E-state index is -1.13. The van der Waals surface area contributed by atoms with Crippen LogP contribution in [0.1, 0.15) is 17.0 Å². The van der Waals surface area contributed by atoms with Crippen LogP contribution >= 0.6 is 22.9 Å². The second kappa shape index (κ2) is 7.67. The van der Waals surface area contributed by atoms with Crippen LogP contribution in [0.2, 0.25) is 5.02 Å². The molecule has 0 amide bonds. The van der Waals surface area contributed by atoms with Gasteiger partial charge >= 0.3 is 0 Å². The van der Waals surface area contributed by atoms with E-state index in [4.69, 9.17) is 22.1 Å². The maximum absolute atomic E-state index is 14.8. The Morgan fingerprint density at radius 1 is 1.22 bits per heavy atom. The van der Waals surface area contributed by atoms with Crippen molar-refractivity contribution in [3.8, 4) is 11.8 Å². The number of para-hydroxylation sites is 1. The summed E-state index contributed by atoms with van der Waals surface area (Å²) in [5.74, 6) is -1.88. The van der Waals surface area contributed by atoms with Crippen molar-refractivity contribution in [1.29, 1.82) is 5.26 Å². The van der Waals surface area contributed by atoms with Gasteiger partial charge in [-0.3, -0.25) is 4.79 Å². The Balaban J connectivity index is 1.74. The molecule has 0 saturated carbocycles. The summed E-state index contributed by atoms with van der Waals surface area (Å²) < 4.78 is 21.0. The summed E-state index contributed by atoms with van der Waals surface area (Å²) in [6, 6.07) is 15.5. The van der Waals surface area contributed by atoms with Gasteiger partial charge in [0.25, 0.3) is 5.56 Å². The van der Waals surface area contributed by atoms with Crippen LogP contribution in [0, 0.1) is 17.1 Å². The smallest absolute Gasteiger partial charge is 0.257 e. The number of nitriles is 1. The van der Waals surface area contributed by atoms with E-state index in [9.17, 15) is 14.4 Å². The predicted octanol–water partition coefficient (Wildman–Crippen LogP) is 4.74. The number of hydrogen-bond acceptors (Lipinski definition) is 7. The van der Waals surface area contributed by atoms with Gasteiger partial charge in [0.1, 0.15) is 22.2 Å². The number of thiazole rings is 1. The Hall–Kier alpha value is -3.87. The zero-order valence-corrected chi connectivity index (χ0v) is 17.7. The molecule has 1 aliphatic heterocycles. The van der Waals surface area contributed by atoms with Gasteiger partial charge in [0.05, 0.1) is 11.5 Å². The van der Waals surface area contributed by atoms with Crippen molar-refractivity contribution in [2.24, 2.45) is 5.73 Å². The molecule has 2 aromatic carbocycles. The lowest BCUT2D eigenvalue weighted by Crippen LogP contribution is -2.28. The fourth-order valence-electron chi connectivity index (χ4n) is 3.67. The number of benzene rings is 2. The summed E-state index contributed by atoms with van der Waals surface area (Å²) in [5, 5.41) is 13.4. The van der Waals surface area contributed by atoms with E-state index in [2.05, 4.69) is 15.3 Å². The largest absolute Gasteiger partial charge is 0.438 e. The summed E-state index contributed by atoms with van der Waals surface area (Å²) >= 11 is 7.51. The maximum atomic E-state index is 14.8. The van der Waals surface area contributed by atoms with Gasteiger partial charge in [0.2, 0.25) is 5.88 Å². The van der Waals surface area contributed by atoms with Crippen molar-refractivity contribution < 1.29 is 9.13 Å². The van der Waals surface area contributed by atoms with Crippen molar-refractivity contribution >= 4 is 44.1 Å². The van der Waals surface area contributed by atoms with E-state index in [1.165, 1.54) is 29.5 Å². The van der Waals surface area contributed by atoms with E-state index in [0.717, 1.165) is 5.69 Å². The van der Waals surface area contributed by atoms with Gasteiger partial charge in [0, 0.05) is 16.3 Å². The third-order valence-corrected chi connectivity index (χ3v) is 6.34. The second-order valence-corrected chi connectivity index (χ2v) is 8.35. The third-order valence-electron chi connectivity index (χ3n) is 5.04. The highest BCUT2D eigenvalue weighted by molar-refractivity contribution is 7.22. The average molecular weight is 466 g/mol. The van der Waals surface area contributed by atoms with Crippen LogP contribution in [0.15, 0.2) is 64.8 Å².